The third-order valence-electron chi connectivity index (χ3n) is 3.25. The van der Waals surface area contributed by atoms with E-state index in [9.17, 15) is 15.0 Å². The van der Waals surface area contributed by atoms with Gasteiger partial charge in [-0.25, -0.2) is 4.79 Å². The highest BCUT2D eigenvalue weighted by Gasteiger charge is 2.25. The van der Waals surface area contributed by atoms with Gasteiger partial charge in [-0.2, -0.15) is 0 Å². The smallest absolute Gasteiger partial charge is 0.407 e. The molecule has 1 saturated heterocycles. The number of phenols is 2. The molecule has 0 aliphatic carbocycles. The zero-order valence-corrected chi connectivity index (χ0v) is 9.33. The zero-order chi connectivity index (χ0) is 12.4. The number of hydrogen-bond acceptors (Lipinski definition) is 3. The van der Waals surface area contributed by atoms with E-state index in [1.165, 1.54) is 11.0 Å². The fourth-order valence-corrected chi connectivity index (χ4v) is 2.26. The first-order chi connectivity index (χ1) is 8.09. The van der Waals surface area contributed by atoms with Crippen molar-refractivity contribution in [2.75, 3.05) is 13.1 Å². The SMILES string of the molecule is O=C(O)N1CCC(c2cccc(O)c2O)CC1. The van der Waals surface area contributed by atoms with Gasteiger partial charge in [-0.1, -0.05) is 12.1 Å². The molecule has 2 rings (SSSR count). The van der Waals surface area contributed by atoms with Crippen molar-refractivity contribution in [1.82, 2.24) is 4.90 Å². The topological polar surface area (TPSA) is 81.0 Å². The van der Waals surface area contributed by atoms with Gasteiger partial charge >= 0.3 is 6.09 Å². The van der Waals surface area contributed by atoms with Crippen LogP contribution in [0.15, 0.2) is 18.2 Å². The van der Waals surface area contributed by atoms with Gasteiger partial charge in [0.25, 0.3) is 0 Å². The predicted octanol–water partition coefficient (Wildman–Crippen LogP) is 1.96. The van der Waals surface area contributed by atoms with Crippen molar-refractivity contribution < 1.29 is 20.1 Å². The minimum absolute atomic E-state index is 0.0822. The van der Waals surface area contributed by atoms with Crippen LogP contribution in [-0.4, -0.2) is 39.4 Å². The summed E-state index contributed by atoms with van der Waals surface area (Å²) in [5.74, 6) is -0.0952. The number of hydrogen-bond donors (Lipinski definition) is 3. The highest BCUT2D eigenvalue weighted by Crippen LogP contribution is 2.38. The van der Waals surface area contributed by atoms with Crippen molar-refractivity contribution in [1.29, 1.82) is 0 Å². The number of aromatic hydroxyl groups is 2. The Bertz CT molecular complexity index is 425. The molecule has 1 aromatic rings. The largest absolute Gasteiger partial charge is 0.504 e. The second kappa shape index (κ2) is 4.53. The number of benzene rings is 1. The number of phenolic OH excluding ortho intramolecular Hbond substituents is 2. The van der Waals surface area contributed by atoms with Gasteiger partial charge in [0.05, 0.1) is 0 Å². The first-order valence-corrected chi connectivity index (χ1v) is 5.58. The van der Waals surface area contributed by atoms with Gasteiger partial charge in [-0.15, -0.1) is 0 Å². The number of nitrogens with zero attached hydrogens (tertiary/aromatic N) is 1. The van der Waals surface area contributed by atoms with Crippen LogP contribution in [0.3, 0.4) is 0 Å². The summed E-state index contributed by atoms with van der Waals surface area (Å²) in [6.45, 7) is 0.935. The van der Waals surface area contributed by atoms with Gasteiger partial charge in [0, 0.05) is 18.7 Å². The van der Waals surface area contributed by atoms with E-state index in [1.54, 1.807) is 12.1 Å². The highest BCUT2D eigenvalue weighted by molar-refractivity contribution is 5.65. The molecule has 0 bridgehead atoms. The second-order valence-electron chi connectivity index (χ2n) is 4.26. The molecule has 3 N–H and O–H groups in total. The third-order valence-corrected chi connectivity index (χ3v) is 3.25. The molecule has 5 nitrogen and oxygen atoms in total. The Morgan fingerprint density at radius 3 is 2.47 bits per heavy atom. The summed E-state index contributed by atoms with van der Waals surface area (Å²) in [5.41, 5.74) is 0.704. The lowest BCUT2D eigenvalue weighted by Gasteiger charge is -2.30. The van der Waals surface area contributed by atoms with Crippen LogP contribution in [0, 0.1) is 0 Å². The van der Waals surface area contributed by atoms with Gasteiger partial charge in [0.2, 0.25) is 0 Å². The molecule has 0 saturated carbocycles. The van der Waals surface area contributed by atoms with Gasteiger partial charge < -0.3 is 20.2 Å². The number of likely N-dealkylation sites (tertiary alicyclic amines) is 1. The van der Waals surface area contributed by atoms with E-state index in [4.69, 9.17) is 5.11 Å². The lowest BCUT2D eigenvalue weighted by atomic mass is 9.89. The van der Waals surface area contributed by atoms with Crippen molar-refractivity contribution in [2.24, 2.45) is 0 Å². The normalized spacial score (nSPS) is 17.1. The van der Waals surface area contributed by atoms with Crippen LogP contribution in [0.1, 0.15) is 24.3 Å². The van der Waals surface area contributed by atoms with E-state index >= 15 is 0 Å². The van der Waals surface area contributed by atoms with Crippen LogP contribution in [0.4, 0.5) is 4.79 Å². The molecular formula is C12H15NO4. The Labute approximate surface area is 98.9 Å². The summed E-state index contributed by atoms with van der Waals surface area (Å²) in [7, 11) is 0. The van der Waals surface area contributed by atoms with Crippen molar-refractivity contribution >= 4 is 6.09 Å². The average molecular weight is 237 g/mol. The molecule has 0 spiro atoms. The number of piperidine rings is 1. The molecule has 0 unspecified atom stereocenters. The van der Waals surface area contributed by atoms with Gasteiger partial charge in [-0.3, -0.25) is 0 Å². The molecule has 0 aromatic heterocycles. The van der Waals surface area contributed by atoms with Crippen molar-refractivity contribution in [2.45, 2.75) is 18.8 Å². The first kappa shape index (κ1) is 11.6. The fraction of sp³-hybridized carbons (Fsp3) is 0.417. The number of carbonyl (C=O) groups is 1. The summed E-state index contributed by atoms with van der Waals surface area (Å²) >= 11 is 0. The Balaban J connectivity index is 2.10. The maximum atomic E-state index is 10.8. The van der Waals surface area contributed by atoms with Crippen molar-refractivity contribution in [3.05, 3.63) is 23.8 Å². The monoisotopic (exact) mass is 237 g/mol. The first-order valence-electron chi connectivity index (χ1n) is 5.58. The molecule has 1 fully saturated rings. The molecule has 1 heterocycles. The molecule has 0 radical (unpaired) electrons. The van der Waals surface area contributed by atoms with Crippen LogP contribution in [0.5, 0.6) is 11.5 Å². The summed E-state index contributed by atoms with van der Waals surface area (Å²) in [5, 5.41) is 28.0. The minimum Gasteiger partial charge on any atom is -0.504 e. The van der Waals surface area contributed by atoms with Crippen molar-refractivity contribution in [3.63, 3.8) is 0 Å². The van der Waals surface area contributed by atoms with Crippen LogP contribution in [-0.2, 0) is 0 Å². The quantitative estimate of drug-likeness (QED) is 0.652. The molecule has 0 atom stereocenters. The molecule has 17 heavy (non-hydrogen) atoms. The van der Waals surface area contributed by atoms with E-state index in [-0.39, 0.29) is 17.4 Å². The van der Waals surface area contributed by atoms with Crippen LogP contribution < -0.4 is 0 Å². The molecule has 92 valence electrons. The van der Waals surface area contributed by atoms with Crippen LogP contribution in [0.2, 0.25) is 0 Å². The van der Waals surface area contributed by atoms with E-state index in [2.05, 4.69) is 0 Å². The van der Waals surface area contributed by atoms with Crippen molar-refractivity contribution in [3.8, 4) is 11.5 Å². The molecule has 1 aromatic carbocycles. The Morgan fingerprint density at radius 2 is 1.88 bits per heavy atom. The summed E-state index contributed by atoms with van der Waals surface area (Å²) < 4.78 is 0. The predicted molar refractivity (Wildman–Crippen MR) is 61.3 cm³/mol. The number of amides is 1. The maximum absolute atomic E-state index is 10.8. The third kappa shape index (κ3) is 2.27. The Morgan fingerprint density at radius 1 is 1.24 bits per heavy atom. The Hall–Kier alpha value is -1.91. The zero-order valence-electron chi connectivity index (χ0n) is 9.33. The van der Waals surface area contributed by atoms with E-state index in [0.29, 0.717) is 31.5 Å². The molecule has 1 amide bonds. The summed E-state index contributed by atoms with van der Waals surface area (Å²) in [6, 6.07) is 4.90. The average Bonchev–Trinajstić information content (AvgIpc) is 2.33. The fourth-order valence-electron chi connectivity index (χ4n) is 2.26. The van der Waals surface area contributed by atoms with Gasteiger partial charge in [0.15, 0.2) is 11.5 Å². The van der Waals surface area contributed by atoms with E-state index < -0.39 is 6.09 Å². The Kier molecular flexibility index (Phi) is 3.08. The maximum Gasteiger partial charge on any atom is 0.407 e. The number of carboxylic acid groups (broad SMARTS) is 1. The molecule has 1 aliphatic rings. The van der Waals surface area contributed by atoms with Gasteiger partial charge in [-0.05, 0) is 24.8 Å². The molecular weight excluding hydrogens is 222 g/mol. The number of rotatable bonds is 1. The van der Waals surface area contributed by atoms with Gasteiger partial charge in [0.1, 0.15) is 0 Å². The van der Waals surface area contributed by atoms with E-state index in [0.717, 1.165) is 0 Å². The summed E-state index contributed by atoms with van der Waals surface area (Å²) in [6.07, 6.45) is 0.440. The lowest BCUT2D eigenvalue weighted by Crippen LogP contribution is -2.36. The summed E-state index contributed by atoms with van der Waals surface area (Å²) in [4.78, 5) is 12.1. The minimum atomic E-state index is -0.899. The second-order valence-corrected chi connectivity index (χ2v) is 4.26. The van der Waals surface area contributed by atoms with E-state index in [1.807, 2.05) is 0 Å². The van der Waals surface area contributed by atoms with Crippen LogP contribution >= 0.6 is 0 Å². The lowest BCUT2D eigenvalue weighted by molar-refractivity contribution is 0.132. The standard InChI is InChI=1S/C12H15NO4/c14-10-3-1-2-9(11(10)15)8-4-6-13(7-5-8)12(16)17/h1-3,8,14-15H,4-7H2,(H,16,17). The van der Waals surface area contributed by atoms with Crippen LogP contribution in [0.25, 0.3) is 0 Å². The highest BCUT2D eigenvalue weighted by atomic mass is 16.4. The molecule has 5 heteroatoms. The molecule has 1 aliphatic heterocycles. The number of para-hydroxylation sites is 1.